The highest BCUT2D eigenvalue weighted by Crippen LogP contribution is 2.35. The van der Waals surface area contributed by atoms with Crippen LogP contribution in [0.15, 0.2) is 18.2 Å². The third kappa shape index (κ3) is 3.19. The minimum atomic E-state index is -4.56. The Labute approximate surface area is 110 Å². The summed E-state index contributed by atoms with van der Waals surface area (Å²) in [7, 11) is 1.55. The molecule has 2 N–H and O–H groups in total. The lowest BCUT2D eigenvalue weighted by Gasteiger charge is -2.25. The van der Waals surface area contributed by atoms with Crippen molar-refractivity contribution in [2.24, 2.45) is 0 Å². The van der Waals surface area contributed by atoms with Crippen molar-refractivity contribution in [3.63, 3.8) is 0 Å². The molecule has 0 aliphatic rings. The van der Waals surface area contributed by atoms with E-state index >= 15 is 0 Å². The fourth-order valence-electron chi connectivity index (χ4n) is 1.66. The van der Waals surface area contributed by atoms with Crippen LogP contribution in [0.4, 0.5) is 18.9 Å². The van der Waals surface area contributed by atoms with Crippen molar-refractivity contribution in [1.82, 2.24) is 4.90 Å². The van der Waals surface area contributed by atoms with Crippen LogP contribution in [-0.2, 0) is 6.18 Å². The maximum atomic E-state index is 12.7. The highest BCUT2D eigenvalue weighted by Gasteiger charge is 2.34. The minimum absolute atomic E-state index is 0.0681. The van der Waals surface area contributed by atoms with Crippen molar-refractivity contribution in [3.8, 4) is 0 Å². The third-order valence-electron chi connectivity index (χ3n) is 3.21. The zero-order valence-corrected chi connectivity index (χ0v) is 11.1. The molecule has 1 aromatic carbocycles. The molecule has 0 radical (unpaired) electrons. The molecular weight excluding hydrogens is 257 g/mol. The van der Waals surface area contributed by atoms with Gasteiger partial charge in [-0.05, 0) is 25.5 Å². The van der Waals surface area contributed by atoms with Crippen LogP contribution in [0.1, 0.15) is 36.2 Å². The van der Waals surface area contributed by atoms with Crippen molar-refractivity contribution in [2.45, 2.75) is 32.5 Å². The standard InChI is InChI=1S/C13H17F3N2O/c1-4-8(2)18(3)12(19)9-6-5-7-10(11(9)17)13(14,15)16/h5-8H,4,17H2,1-3H3. The molecule has 0 saturated carbocycles. The van der Waals surface area contributed by atoms with Gasteiger partial charge in [-0.15, -0.1) is 0 Å². The van der Waals surface area contributed by atoms with Gasteiger partial charge in [0.25, 0.3) is 5.91 Å². The average Bonchev–Trinajstić information content (AvgIpc) is 2.35. The number of benzene rings is 1. The highest BCUT2D eigenvalue weighted by atomic mass is 19.4. The molecule has 0 bridgehead atoms. The number of hydrogen-bond acceptors (Lipinski definition) is 2. The van der Waals surface area contributed by atoms with Gasteiger partial charge in [-0.3, -0.25) is 4.79 Å². The average molecular weight is 274 g/mol. The van der Waals surface area contributed by atoms with Crippen LogP contribution in [0.25, 0.3) is 0 Å². The summed E-state index contributed by atoms with van der Waals surface area (Å²) in [6.07, 6.45) is -3.85. The number of nitrogen functional groups attached to an aromatic ring is 1. The summed E-state index contributed by atoms with van der Waals surface area (Å²) in [5.41, 5.74) is 3.87. The quantitative estimate of drug-likeness (QED) is 0.861. The number of amides is 1. The van der Waals surface area contributed by atoms with Crippen LogP contribution in [0, 0.1) is 0 Å². The molecule has 0 aromatic heterocycles. The van der Waals surface area contributed by atoms with E-state index in [0.717, 1.165) is 6.07 Å². The molecule has 1 atom stereocenters. The van der Waals surface area contributed by atoms with Crippen LogP contribution in [-0.4, -0.2) is 23.9 Å². The summed E-state index contributed by atoms with van der Waals surface area (Å²) >= 11 is 0. The summed E-state index contributed by atoms with van der Waals surface area (Å²) in [4.78, 5) is 13.5. The maximum Gasteiger partial charge on any atom is 0.418 e. The van der Waals surface area contributed by atoms with Crippen molar-refractivity contribution < 1.29 is 18.0 Å². The number of nitrogens with two attached hydrogens (primary N) is 1. The Morgan fingerprint density at radius 2 is 2.00 bits per heavy atom. The van der Waals surface area contributed by atoms with Crippen LogP contribution < -0.4 is 5.73 Å². The van der Waals surface area contributed by atoms with E-state index in [4.69, 9.17) is 5.73 Å². The normalized spacial score (nSPS) is 13.2. The Kier molecular flexibility index (Phi) is 4.44. The number of carbonyl (C=O) groups is 1. The summed E-state index contributed by atoms with van der Waals surface area (Å²) in [5, 5.41) is 0. The van der Waals surface area contributed by atoms with Gasteiger partial charge in [-0.1, -0.05) is 13.0 Å². The van der Waals surface area contributed by atoms with Gasteiger partial charge >= 0.3 is 6.18 Å². The summed E-state index contributed by atoms with van der Waals surface area (Å²) in [6.45, 7) is 3.71. The van der Waals surface area contributed by atoms with Gasteiger partial charge in [0.05, 0.1) is 16.8 Å². The van der Waals surface area contributed by atoms with Gasteiger partial charge in [0, 0.05) is 13.1 Å². The molecule has 3 nitrogen and oxygen atoms in total. The minimum Gasteiger partial charge on any atom is -0.398 e. The second-order valence-corrected chi connectivity index (χ2v) is 4.44. The van der Waals surface area contributed by atoms with E-state index < -0.39 is 23.3 Å². The van der Waals surface area contributed by atoms with Gasteiger partial charge in [0.1, 0.15) is 0 Å². The topological polar surface area (TPSA) is 46.3 Å². The Hall–Kier alpha value is -1.72. The lowest BCUT2D eigenvalue weighted by molar-refractivity contribution is -0.136. The third-order valence-corrected chi connectivity index (χ3v) is 3.21. The second-order valence-electron chi connectivity index (χ2n) is 4.44. The van der Waals surface area contributed by atoms with Crippen LogP contribution in [0.3, 0.4) is 0 Å². The van der Waals surface area contributed by atoms with Crippen molar-refractivity contribution in [2.75, 3.05) is 12.8 Å². The summed E-state index contributed by atoms with van der Waals surface area (Å²) < 4.78 is 38.1. The van der Waals surface area contributed by atoms with E-state index in [0.29, 0.717) is 6.42 Å². The number of carbonyl (C=O) groups excluding carboxylic acids is 1. The Bertz CT molecular complexity index is 471. The SMILES string of the molecule is CCC(C)N(C)C(=O)c1cccc(C(F)(F)F)c1N. The molecule has 0 saturated heterocycles. The maximum absolute atomic E-state index is 12.7. The number of hydrogen-bond donors (Lipinski definition) is 1. The smallest absolute Gasteiger partial charge is 0.398 e. The van der Waals surface area contributed by atoms with Crippen LogP contribution >= 0.6 is 0 Å². The zero-order valence-electron chi connectivity index (χ0n) is 11.1. The van der Waals surface area contributed by atoms with E-state index in [1.165, 1.54) is 17.0 Å². The molecule has 1 rings (SSSR count). The number of halogens is 3. The van der Waals surface area contributed by atoms with Gasteiger partial charge in [0.15, 0.2) is 0 Å². The first kappa shape index (κ1) is 15.3. The molecule has 1 aromatic rings. The molecule has 0 spiro atoms. The van der Waals surface area contributed by atoms with E-state index in [-0.39, 0.29) is 11.6 Å². The fraction of sp³-hybridized carbons (Fsp3) is 0.462. The number of anilines is 1. The first-order chi connectivity index (χ1) is 8.70. The van der Waals surface area contributed by atoms with Gasteiger partial charge in [0.2, 0.25) is 0 Å². The lowest BCUT2D eigenvalue weighted by atomic mass is 10.0. The van der Waals surface area contributed by atoms with E-state index in [1.54, 1.807) is 7.05 Å². The Morgan fingerprint density at radius 1 is 1.42 bits per heavy atom. The molecule has 6 heteroatoms. The fourth-order valence-corrected chi connectivity index (χ4v) is 1.66. The first-order valence-electron chi connectivity index (χ1n) is 5.93. The van der Waals surface area contributed by atoms with E-state index in [9.17, 15) is 18.0 Å². The Morgan fingerprint density at radius 3 is 2.47 bits per heavy atom. The molecule has 106 valence electrons. The molecule has 19 heavy (non-hydrogen) atoms. The molecular formula is C13H17F3N2O. The monoisotopic (exact) mass is 274 g/mol. The number of nitrogens with zero attached hydrogens (tertiary/aromatic N) is 1. The van der Waals surface area contributed by atoms with Gasteiger partial charge in [-0.2, -0.15) is 13.2 Å². The largest absolute Gasteiger partial charge is 0.418 e. The summed E-state index contributed by atoms with van der Waals surface area (Å²) in [5.74, 6) is -0.502. The summed E-state index contributed by atoms with van der Waals surface area (Å²) in [6, 6.07) is 3.30. The molecule has 0 fully saturated rings. The molecule has 0 aliphatic carbocycles. The van der Waals surface area contributed by atoms with Gasteiger partial charge < -0.3 is 10.6 Å². The molecule has 0 heterocycles. The number of alkyl halides is 3. The molecule has 0 aliphatic heterocycles. The predicted octanol–water partition coefficient (Wildman–Crippen LogP) is 3.16. The number of para-hydroxylation sites is 1. The highest BCUT2D eigenvalue weighted by molar-refractivity contribution is 5.99. The van der Waals surface area contributed by atoms with Crippen LogP contribution in [0.2, 0.25) is 0 Å². The molecule has 1 amide bonds. The molecule has 1 unspecified atom stereocenters. The first-order valence-corrected chi connectivity index (χ1v) is 5.93. The van der Waals surface area contributed by atoms with Gasteiger partial charge in [-0.25, -0.2) is 0 Å². The van der Waals surface area contributed by atoms with Crippen molar-refractivity contribution in [3.05, 3.63) is 29.3 Å². The predicted molar refractivity (Wildman–Crippen MR) is 67.7 cm³/mol. The second kappa shape index (κ2) is 5.50. The van der Waals surface area contributed by atoms with Crippen molar-refractivity contribution >= 4 is 11.6 Å². The van der Waals surface area contributed by atoms with Crippen LogP contribution in [0.5, 0.6) is 0 Å². The number of rotatable bonds is 3. The van der Waals surface area contributed by atoms with Crippen molar-refractivity contribution in [1.29, 1.82) is 0 Å². The van der Waals surface area contributed by atoms with E-state index in [2.05, 4.69) is 0 Å². The lowest BCUT2D eigenvalue weighted by Crippen LogP contribution is -2.35. The van der Waals surface area contributed by atoms with E-state index in [1.807, 2.05) is 13.8 Å². The Balaban J connectivity index is 3.19. The zero-order chi connectivity index (χ0) is 14.8.